The number of anilines is 1. The number of rotatable bonds is 3. The second-order valence-corrected chi connectivity index (χ2v) is 5.45. The fraction of sp³-hybridized carbons (Fsp3) is 0.222. The molecule has 0 amide bonds. The predicted octanol–water partition coefficient (Wildman–Crippen LogP) is 3.15. The van der Waals surface area contributed by atoms with Crippen molar-refractivity contribution in [3.8, 4) is 11.1 Å². The topological polar surface area (TPSA) is 38.1 Å². The predicted molar refractivity (Wildman–Crippen MR) is 91.4 cm³/mol. The van der Waals surface area contributed by atoms with Crippen molar-refractivity contribution < 1.29 is 0 Å². The number of nitrogens with zero attached hydrogens (tertiary/aromatic N) is 3. The Hall–Kier alpha value is -2.62. The molecule has 0 N–H and O–H groups in total. The first-order chi connectivity index (χ1) is 10.6. The number of hydrogen-bond donors (Lipinski definition) is 0. The number of hydrogen-bond acceptors (Lipinski definition) is 3. The summed E-state index contributed by atoms with van der Waals surface area (Å²) in [7, 11) is 3.79. The monoisotopic (exact) mass is 293 g/mol. The maximum atomic E-state index is 12.6. The lowest BCUT2D eigenvalue weighted by atomic mass is 9.98. The van der Waals surface area contributed by atoms with E-state index >= 15 is 0 Å². The van der Waals surface area contributed by atoms with E-state index in [1.165, 1.54) is 4.68 Å². The van der Waals surface area contributed by atoms with Crippen molar-refractivity contribution in [3.05, 3.63) is 59.0 Å². The average molecular weight is 293 g/mol. The summed E-state index contributed by atoms with van der Waals surface area (Å²) in [5.74, 6) is 0. The zero-order valence-corrected chi connectivity index (χ0v) is 13.1. The van der Waals surface area contributed by atoms with Crippen molar-refractivity contribution in [2.45, 2.75) is 13.5 Å². The van der Waals surface area contributed by atoms with Gasteiger partial charge < -0.3 is 4.90 Å². The maximum Gasteiger partial charge on any atom is 0.290 e. The Kier molecular flexibility index (Phi) is 3.67. The van der Waals surface area contributed by atoms with Crippen molar-refractivity contribution in [1.29, 1.82) is 0 Å². The quantitative estimate of drug-likeness (QED) is 0.744. The molecule has 22 heavy (non-hydrogen) atoms. The fourth-order valence-corrected chi connectivity index (χ4v) is 2.79. The summed E-state index contributed by atoms with van der Waals surface area (Å²) >= 11 is 0. The molecule has 0 aliphatic heterocycles. The van der Waals surface area contributed by atoms with Gasteiger partial charge in [-0.25, -0.2) is 4.68 Å². The highest BCUT2D eigenvalue weighted by molar-refractivity contribution is 5.99. The SMILES string of the molecule is CCn1ncc(-c2cccc3ccccc23)c(N(C)C)c1=O. The van der Waals surface area contributed by atoms with E-state index in [1.54, 1.807) is 6.20 Å². The van der Waals surface area contributed by atoms with Gasteiger partial charge in [-0.05, 0) is 23.3 Å². The van der Waals surface area contributed by atoms with Crippen molar-refractivity contribution in [2.75, 3.05) is 19.0 Å². The Balaban J connectivity index is 2.36. The van der Waals surface area contributed by atoms with E-state index in [-0.39, 0.29) is 5.56 Å². The molecule has 0 saturated heterocycles. The third kappa shape index (κ3) is 2.26. The van der Waals surface area contributed by atoms with E-state index in [0.29, 0.717) is 12.2 Å². The van der Waals surface area contributed by atoms with Gasteiger partial charge in [-0.3, -0.25) is 4.79 Å². The van der Waals surface area contributed by atoms with E-state index in [0.717, 1.165) is 21.9 Å². The minimum atomic E-state index is -0.0575. The van der Waals surface area contributed by atoms with Crippen LogP contribution in [0.2, 0.25) is 0 Å². The Bertz CT molecular complexity index is 876. The first-order valence-corrected chi connectivity index (χ1v) is 7.39. The van der Waals surface area contributed by atoms with Crippen LogP contribution in [0.3, 0.4) is 0 Å². The zero-order valence-electron chi connectivity index (χ0n) is 13.1. The number of fused-ring (bicyclic) bond motifs is 1. The minimum Gasteiger partial charge on any atom is -0.373 e. The van der Waals surface area contributed by atoms with Gasteiger partial charge in [0.05, 0.1) is 6.20 Å². The van der Waals surface area contributed by atoms with Gasteiger partial charge in [-0.15, -0.1) is 0 Å². The summed E-state index contributed by atoms with van der Waals surface area (Å²) in [6.45, 7) is 2.49. The number of aromatic nitrogens is 2. The lowest BCUT2D eigenvalue weighted by Gasteiger charge is -2.18. The van der Waals surface area contributed by atoms with Crippen molar-refractivity contribution in [3.63, 3.8) is 0 Å². The number of aryl methyl sites for hydroxylation is 1. The van der Waals surface area contributed by atoms with Gasteiger partial charge in [0.2, 0.25) is 0 Å². The van der Waals surface area contributed by atoms with Crippen molar-refractivity contribution >= 4 is 16.5 Å². The second-order valence-electron chi connectivity index (χ2n) is 5.45. The highest BCUT2D eigenvalue weighted by atomic mass is 16.1. The summed E-state index contributed by atoms with van der Waals surface area (Å²) in [5, 5.41) is 6.59. The van der Waals surface area contributed by atoms with Gasteiger partial charge in [0.1, 0.15) is 5.69 Å². The molecule has 1 heterocycles. The highest BCUT2D eigenvalue weighted by Crippen LogP contribution is 2.32. The van der Waals surface area contributed by atoms with Crippen LogP contribution in [0, 0.1) is 0 Å². The molecule has 0 fully saturated rings. The molecule has 3 rings (SSSR count). The molecule has 4 nitrogen and oxygen atoms in total. The van der Waals surface area contributed by atoms with Crippen LogP contribution < -0.4 is 10.5 Å². The third-order valence-corrected chi connectivity index (χ3v) is 3.84. The molecule has 0 bridgehead atoms. The van der Waals surface area contributed by atoms with Gasteiger partial charge >= 0.3 is 0 Å². The van der Waals surface area contributed by atoms with Gasteiger partial charge in [0.25, 0.3) is 5.56 Å². The molecule has 0 atom stereocenters. The smallest absolute Gasteiger partial charge is 0.290 e. The molecule has 4 heteroatoms. The Morgan fingerprint density at radius 3 is 2.50 bits per heavy atom. The Morgan fingerprint density at radius 1 is 1.05 bits per heavy atom. The van der Waals surface area contributed by atoms with Crippen LogP contribution in [0.5, 0.6) is 0 Å². The van der Waals surface area contributed by atoms with Gasteiger partial charge in [0.15, 0.2) is 0 Å². The molecule has 112 valence electrons. The van der Waals surface area contributed by atoms with Crippen LogP contribution in [-0.2, 0) is 6.54 Å². The third-order valence-electron chi connectivity index (χ3n) is 3.84. The van der Waals surface area contributed by atoms with Crippen LogP contribution >= 0.6 is 0 Å². The van der Waals surface area contributed by atoms with Gasteiger partial charge in [0, 0.05) is 26.2 Å². The largest absolute Gasteiger partial charge is 0.373 e. The molecule has 0 radical (unpaired) electrons. The second kappa shape index (κ2) is 5.64. The number of benzene rings is 2. The fourth-order valence-electron chi connectivity index (χ4n) is 2.79. The average Bonchev–Trinajstić information content (AvgIpc) is 2.53. The molecule has 3 aromatic rings. The molecule has 1 aromatic heterocycles. The Morgan fingerprint density at radius 2 is 1.77 bits per heavy atom. The van der Waals surface area contributed by atoms with Crippen LogP contribution in [0.1, 0.15) is 6.92 Å². The molecular formula is C18H19N3O. The molecule has 0 unspecified atom stereocenters. The lowest BCUT2D eigenvalue weighted by Crippen LogP contribution is -2.29. The minimum absolute atomic E-state index is 0.0575. The van der Waals surface area contributed by atoms with Gasteiger partial charge in [-0.2, -0.15) is 5.10 Å². The summed E-state index contributed by atoms with van der Waals surface area (Å²) in [5.41, 5.74) is 2.53. The first kappa shape index (κ1) is 14.3. The first-order valence-electron chi connectivity index (χ1n) is 7.39. The van der Waals surface area contributed by atoms with Crippen molar-refractivity contribution in [1.82, 2.24) is 9.78 Å². The Labute approximate surface area is 129 Å². The van der Waals surface area contributed by atoms with Crippen molar-refractivity contribution in [2.24, 2.45) is 0 Å². The molecule has 0 saturated carbocycles. The molecule has 0 spiro atoms. The summed E-state index contributed by atoms with van der Waals surface area (Å²) in [6.07, 6.45) is 1.79. The van der Waals surface area contributed by atoms with Crippen LogP contribution in [-0.4, -0.2) is 23.9 Å². The van der Waals surface area contributed by atoms with E-state index in [1.807, 2.05) is 50.2 Å². The summed E-state index contributed by atoms with van der Waals surface area (Å²) < 4.78 is 1.49. The van der Waals surface area contributed by atoms with E-state index < -0.39 is 0 Å². The highest BCUT2D eigenvalue weighted by Gasteiger charge is 2.15. The lowest BCUT2D eigenvalue weighted by molar-refractivity contribution is 0.615. The zero-order chi connectivity index (χ0) is 15.7. The van der Waals surface area contributed by atoms with E-state index in [9.17, 15) is 4.79 Å². The molecular weight excluding hydrogens is 274 g/mol. The van der Waals surface area contributed by atoms with Crippen LogP contribution in [0.25, 0.3) is 21.9 Å². The molecule has 0 aliphatic carbocycles. The molecule has 0 aliphatic rings. The standard InChI is InChI=1S/C18H19N3O/c1-4-21-18(22)17(20(2)3)16(12-19-21)15-11-7-9-13-8-5-6-10-14(13)15/h5-12H,4H2,1-3H3. The maximum absolute atomic E-state index is 12.6. The van der Waals surface area contributed by atoms with E-state index in [4.69, 9.17) is 0 Å². The molecule has 2 aromatic carbocycles. The van der Waals surface area contributed by atoms with Crippen LogP contribution in [0.4, 0.5) is 5.69 Å². The van der Waals surface area contributed by atoms with E-state index in [2.05, 4.69) is 23.3 Å². The normalized spacial score (nSPS) is 10.9. The van der Waals surface area contributed by atoms with Gasteiger partial charge in [-0.1, -0.05) is 42.5 Å². The summed E-state index contributed by atoms with van der Waals surface area (Å²) in [4.78, 5) is 14.5. The summed E-state index contributed by atoms with van der Waals surface area (Å²) in [6, 6.07) is 14.3. The van der Waals surface area contributed by atoms with Crippen LogP contribution in [0.15, 0.2) is 53.5 Å².